The highest BCUT2D eigenvalue weighted by atomic mass is 32.1. The van der Waals surface area contributed by atoms with Gasteiger partial charge < -0.3 is 15.8 Å². The van der Waals surface area contributed by atoms with Gasteiger partial charge in [0.2, 0.25) is 0 Å². The third kappa shape index (κ3) is 3.18. The highest BCUT2D eigenvalue weighted by Gasteiger charge is 2.16. The number of hydrogen-bond acceptors (Lipinski definition) is 6. The van der Waals surface area contributed by atoms with Gasteiger partial charge in [-0.05, 0) is 20.8 Å². The van der Waals surface area contributed by atoms with Crippen LogP contribution in [0.2, 0.25) is 0 Å². The van der Waals surface area contributed by atoms with Gasteiger partial charge in [-0.25, -0.2) is 9.78 Å². The molecule has 1 atom stereocenters. The Morgan fingerprint density at radius 2 is 2.38 bits per heavy atom. The zero-order chi connectivity index (χ0) is 12.1. The van der Waals surface area contributed by atoms with Crippen LogP contribution in [0, 0.1) is 6.92 Å². The Hall–Kier alpha value is -1.14. The molecular weight excluding hydrogens is 226 g/mol. The molecule has 0 amide bonds. The van der Waals surface area contributed by atoms with E-state index in [9.17, 15) is 4.79 Å². The molecule has 0 fully saturated rings. The number of aryl methyl sites for hydroxylation is 1. The van der Waals surface area contributed by atoms with E-state index in [2.05, 4.69) is 10.3 Å². The van der Waals surface area contributed by atoms with Crippen molar-refractivity contribution in [2.75, 3.05) is 18.5 Å². The minimum absolute atomic E-state index is 0.139. The lowest BCUT2D eigenvalue weighted by atomic mass is 10.3. The third-order valence-corrected chi connectivity index (χ3v) is 3.05. The molecule has 0 aliphatic heterocycles. The van der Waals surface area contributed by atoms with Crippen molar-refractivity contribution in [2.24, 2.45) is 5.73 Å². The summed E-state index contributed by atoms with van der Waals surface area (Å²) in [7, 11) is 0. The maximum Gasteiger partial charge on any atom is 0.350 e. The Morgan fingerprint density at radius 1 is 1.69 bits per heavy atom. The lowest BCUT2D eigenvalue weighted by Gasteiger charge is -2.08. The van der Waals surface area contributed by atoms with Gasteiger partial charge in [-0.1, -0.05) is 11.3 Å². The monoisotopic (exact) mass is 243 g/mol. The molecule has 0 saturated heterocycles. The van der Waals surface area contributed by atoms with Gasteiger partial charge in [0.15, 0.2) is 5.13 Å². The quantitative estimate of drug-likeness (QED) is 0.764. The molecule has 0 aromatic carbocycles. The average Bonchev–Trinajstić information content (AvgIpc) is 2.59. The Bertz CT molecular complexity index is 365. The minimum Gasteiger partial charge on any atom is -0.462 e. The summed E-state index contributed by atoms with van der Waals surface area (Å²) in [5.74, 6) is -0.314. The fraction of sp³-hybridized carbons (Fsp3) is 0.600. The number of thiazole rings is 1. The molecule has 1 aromatic heterocycles. The number of nitrogens with two attached hydrogens (primary N) is 1. The van der Waals surface area contributed by atoms with Crippen molar-refractivity contribution in [3.63, 3.8) is 0 Å². The predicted molar refractivity (Wildman–Crippen MR) is 64.9 cm³/mol. The molecule has 5 nitrogen and oxygen atoms in total. The Kier molecular flexibility index (Phi) is 4.70. The van der Waals surface area contributed by atoms with Crippen molar-refractivity contribution in [1.82, 2.24) is 4.98 Å². The highest BCUT2D eigenvalue weighted by Crippen LogP contribution is 2.23. The highest BCUT2D eigenvalue weighted by molar-refractivity contribution is 7.17. The number of aromatic nitrogens is 1. The minimum atomic E-state index is -0.314. The number of anilines is 1. The van der Waals surface area contributed by atoms with E-state index in [0.29, 0.717) is 28.9 Å². The maximum absolute atomic E-state index is 11.5. The van der Waals surface area contributed by atoms with E-state index in [1.807, 2.05) is 6.92 Å². The van der Waals surface area contributed by atoms with E-state index < -0.39 is 0 Å². The molecule has 0 radical (unpaired) electrons. The number of nitrogens with zero attached hydrogens (tertiary/aromatic N) is 1. The number of esters is 1. The summed E-state index contributed by atoms with van der Waals surface area (Å²) in [4.78, 5) is 16.3. The molecular formula is C10H17N3O2S. The lowest BCUT2D eigenvalue weighted by Crippen LogP contribution is -2.24. The van der Waals surface area contributed by atoms with Crippen LogP contribution < -0.4 is 11.1 Å². The Morgan fingerprint density at radius 3 is 2.94 bits per heavy atom. The molecule has 0 aliphatic rings. The van der Waals surface area contributed by atoms with Crippen molar-refractivity contribution in [2.45, 2.75) is 26.8 Å². The van der Waals surface area contributed by atoms with E-state index in [1.54, 1.807) is 13.8 Å². The first-order chi connectivity index (χ1) is 7.58. The lowest BCUT2D eigenvalue weighted by molar-refractivity contribution is 0.0531. The van der Waals surface area contributed by atoms with Crippen molar-refractivity contribution >= 4 is 22.4 Å². The second kappa shape index (κ2) is 5.81. The molecule has 90 valence electrons. The van der Waals surface area contributed by atoms with Gasteiger partial charge in [0, 0.05) is 12.6 Å². The second-order valence-corrected chi connectivity index (χ2v) is 4.43. The number of rotatable bonds is 5. The summed E-state index contributed by atoms with van der Waals surface area (Å²) in [6, 6.07) is 0.139. The average molecular weight is 243 g/mol. The summed E-state index contributed by atoms with van der Waals surface area (Å²) in [6.45, 7) is 6.43. The van der Waals surface area contributed by atoms with E-state index in [4.69, 9.17) is 10.5 Å². The van der Waals surface area contributed by atoms with Crippen LogP contribution in [-0.4, -0.2) is 30.1 Å². The standard InChI is InChI=1S/C10H17N3O2S/c1-4-15-9(14)8-7(3)13-10(16-8)12-6(2)5-11/h6H,4-5,11H2,1-3H3,(H,12,13). The van der Waals surface area contributed by atoms with Crippen LogP contribution in [0.25, 0.3) is 0 Å². The van der Waals surface area contributed by atoms with Gasteiger partial charge in [-0.15, -0.1) is 0 Å². The van der Waals surface area contributed by atoms with Gasteiger partial charge in [0.05, 0.1) is 12.3 Å². The number of carbonyl (C=O) groups is 1. The largest absolute Gasteiger partial charge is 0.462 e. The van der Waals surface area contributed by atoms with Crippen molar-refractivity contribution in [3.8, 4) is 0 Å². The smallest absolute Gasteiger partial charge is 0.350 e. The summed E-state index contributed by atoms with van der Waals surface area (Å²) in [5, 5.41) is 3.83. The van der Waals surface area contributed by atoms with Crippen LogP contribution >= 0.6 is 11.3 Å². The zero-order valence-corrected chi connectivity index (χ0v) is 10.6. The number of hydrogen-bond donors (Lipinski definition) is 2. The molecule has 0 bridgehead atoms. The summed E-state index contributed by atoms with van der Waals surface area (Å²) < 4.78 is 4.93. The second-order valence-electron chi connectivity index (χ2n) is 3.44. The fourth-order valence-electron chi connectivity index (χ4n) is 1.11. The van der Waals surface area contributed by atoms with Crippen LogP contribution in [0.15, 0.2) is 0 Å². The summed E-state index contributed by atoms with van der Waals surface area (Å²) in [5.41, 5.74) is 6.18. The van der Waals surface area contributed by atoms with Gasteiger partial charge >= 0.3 is 5.97 Å². The first-order valence-corrected chi connectivity index (χ1v) is 6.01. The predicted octanol–water partition coefficient (Wildman–Crippen LogP) is 1.39. The van der Waals surface area contributed by atoms with Crippen LogP contribution in [0.4, 0.5) is 5.13 Å². The molecule has 1 rings (SSSR count). The molecule has 1 unspecified atom stereocenters. The summed E-state index contributed by atoms with van der Waals surface area (Å²) in [6.07, 6.45) is 0. The molecule has 3 N–H and O–H groups in total. The first-order valence-electron chi connectivity index (χ1n) is 5.19. The van der Waals surface area contributed by atoms with Crippen LogP contribution in [0.1, 0.15) is 29.2 Å². The maximum atomic E-state index is 11.5. The van der Waals surface area contributed by atoms with E-state index in [0.717, 1.165) is 0 Å². The normalized spacial score (nSPS) is 12.2. The number of nitrogens with one attached hydrogen (secondary N) is 1. The van der Waals surface area contributed by atoms with Crippen LogP contribution in [0.3, 0.4) is 0 Å². The topological polar surface area (TPSA) is 77.2 Å². The van der Waals surface area contributed by atoms with Crippen molar-refractivity contribution < 1.29 is 9.53 Å². The summed E-state index contributed by atoms with van der Waals surface area (Å²) >= 11 is 1.30. The number of carbonyl (C=O) groups excluding carboxylic acids is 1. The molecule has 6 heteroatoms. The van der Waals surface area contributed by atoms with E-state index in [1.165, 1.54) is 11.3 Å². The fourth-order valence-corrected chi connectivity index (χ4v) is 2.09. The molecule has 1 heterocycles. The Balaban J connectivity index is 2.77. The van der Waals surface area contributed by atoms with Gasteiger partial charge in [0.25, 0.3) is 0 Å². The number of ether oxygens (including phenoxy) is 1. The molecule has 0 saturated carbocycles. The van der Waals surface area contributed by atoms with Gasteiger partial charge in [0.1, 0.15) is 4.88 Å². The van der Waals surface area contributed by atoms with Crippen molar-refractivity contribution in [1.29, 1.82) is 0 Å². The van der Waals surface area contributed by atoms with E-state index in [-0.39, 0.29) is 12.0 Å². The van der Waals surface area contributed by atoms with Crippen LogP contribution in [-0.2, 0) is 4.74 Å². The van der Waals surface area contributed by atoms with Gasteiger partial charge in [-0.2, -0.15) is 0 Å². The van der Waals surface area contributed by atoms with Gasteiger partial charge in [-0.3, -0.25) is 0 Å². The SMILES string of the molecule is CCOC(=O)c1sc(NC(C)CN)nc1C. The Labute approximate surface area is 99.0 Å². The molecule has 16 heavy (non-hydrogen) atoms. The molecule has 0 aliphatic carbocycles. The molecule has 0 spiro atoms. The van der Waals surface area contributed by atoms with E-state index >= 15 is 0 Å². The molecule has 1 aromatic rings. The third-order valence-electron chi connectivity index (χ3n) is 1.98. The van der Waals surface area contributed by atoms with Crippen LogP contribution in [0.5, 0.6) is 0 Å². The van der Waals surface area contributed by atoms with Crippen molar-refractivity contribution in [3.05, 3.63) is 10.6 Å². The zero-order valence-electron chi connectivity index (χ0n) is 9.74. The first kappa shape index (κ1) is 12.9.